The summed E-state index contributed by atoms with van der Waals surface area (Å²) in [7, 11) is 0. The van der Waals surface area contributed by atoms with Crippen LogP contribution in [0.15, 0.2) is 16.9 Å². The molecule has 6 nitrogen and oxygen atoms in total. The summed E-state index contributed by atoms with van der Waals surface area (Å²) in [6, 6.07) is 2.83. The van der Waals surface area contributed by atoms with E-state index in [0.29, 0.717) is 18.2 Å². The van der Waals surface area contributed by atoms with E-state index >= 15 is 0 Å². The molecule has 1 saturated heterocycles. The maximum Gasteiger partial charge on any atom is 0.264 e. The second-order valence-corrected chi connectivity index (χ2v) is 4.27. The SMILES string of the molecule is O=C(CC1CCCNC1)Nc1ccc(=O)[nH]n1. The van der Waals surface area contributed by atoms with E-state index in [0.717, 1.165) is 25.9 Å². The molecular formula is C11H16N4O2. The van der Waals surface area contributed by atoms with Crippen molar-refractivity contribution in [2.75, 3.05) is 18.4 Å². The van der Waals surface area contributed by atoms with Gasteiger partial charge in [-0.2, -0.15) is 5.10 Å². The second kappa shape index (κ2) is 5.58. The van der Waals surface area contributed by atoms with Crippen molar-refractivity contribution < 1.29 is 4.79 Å². The number of rotatable bonds is 3. The summed E-state index contributed by atoms with van der Waals surface area (Å²) in [6.07, 6.45) is 2.70. The second-order valence-electron chi connectivity index (χ2n) is 4.27. The first-order valence-electron chi connectivity index (χ1n) is 5.80. The Morgan fingerprint density at radius 2 is 2.41 bits per heavy atom. The third-order valence-electron chi connectivity index (χ3n) is 2.82. The third kappa shape index (κ3) is 3.67. The van der Waals surface area contributed by atoms with Crippen molar-refractivity contribution in [2.45, 2.75) is 19.3 Å². The predicted octanol–water partition coefficient (Wildman–Crippen LogP) is 0.0981. The maximum absolute atomic E-state index is 11.7. The van der Waals surface area contributed by atoms with Crippen molar-refractivity contribution in [2.24, 2.45) is 5.92 Å². The highest BCUT2D eigenvalue weighted by molar-refractivity contribution is 5.89. The molecule has 1 fully saturated rings. The third-order valence-corrected chi connectivity index (χ3v) is 2.82. The van der Waals surface area contributed by atoms with Crippen LogP contribution in [0.2, 0.25) is 0 Å². The fourth-order valence-electron chi connectivity index (χ4n) is 1.97. The quantitative estimate of drug-likeness (QED) is 0.694. The summed E-state index contributed by atoms with van der Waals surface area (Å²) in [5, 5.41) is 11.9. The van der Waals surface area contributed by atoms with Gasteiger partial charge >= 0.3 is 0 Å². The van der Waals surface area contributed by atoms with Gasteiger partial charge in [-0.1, -0.05) is 0 Å². The zero-order valence-electron chi connectivity index (χ0n) is 9.53. The Hall–Kier alpha value is -1.69. The maximum atomic E-state index is 11.7. The highest BCUT2D eigenvalue weighted by atomic mass is 16.1. The normalized spacial score (nSPS) is 19.9. The van der Waals surface area contributed by atoms with Crippen LogP contribution in [-0.2, 0) is 4.79 Å². The molecule has 17 heavy (non-hydrogen) atoms. The molecule has 1 aromatic rings. The number of carbonyl (C=O) groups excluding carboxylic acids is 1. The predicted molar refractivity (Wildman–Crippen MR) is 63.7 cm³/mol. The van der Waals surface area contributed by atoms with E-state index in [1.54, 1.807) is 0 Å². The Morgan fingerprint density at radius 1 is 1.53 bits per heavy atom. The molecule has 0 bridgehead atoms. The number of hydrogen-bond acceptors (Lipinski definition) is 4. The van der Waals surface area contributed by atoms with Crippen molar-refractivity contribution in [1.29, 1.82) is 0 Å². The minimum Gasteiger partial charge on any atom is -0.316 e. The molecule has 1 aromatic heterocycles. The summed E-state index contributed by atoms with van der Waals surface area (Å²) in [6.45, 7) is 1.94. The molecular weight excluding hydrogens is 220 g/mol. The van der Waals surface area contributed by atoms with Crippen LogP contribution in [0.25, 0.3) is 0 Å². The van der Waals surface area contributed by atoms with Gasteiger partial charge in [-0.05, 0) is 37.9 Å². The smallest absolute Gasteiger partial charge is 0.264 e. The van der Waals surface area contributed by atoms with Crippen LogP contribution in [-0.4, -0.2) is 29.2 Å². The average molecular weight is 236 g/mol. The number of carbonyl (C=O) groups is 1. The summed E-state index contributed by atoms with van der Waals surface area (Å²) in [4.78, 5) is 22.5. The van der Waals surface area contributed by atoms with Crippen LogP contribution in [0.1, 0.15) is 19.3 Å². The topological polar surface area (TPSA) is 86.9 Å². The Morgan fingerprint density at radius 3 is 3.06 bits per heavy atom. The molecule has 2 rings (SSSR count). The summed E-state index contributed by atoms with van der Waals surface area (Å²) >= 11 is 0. The van der Waals surface area contributed by atoms with Crippen LogP contribution in [0, 0.1) is 5.92 Å². The minimum absolute atomic E-state index is 0.0572. The lowest BCUT2D eigenvalue weighted by molar-refractivity contribution is -0.117. The van der Waals surface area contributed by atoms with E-state index in [1.807, 2.05) is 0 Å². The van der Waals surface area contributed by atoms with E-state index in [9.17, 15) is 9.59 Å². The number of anilines is 1. The number of H-pyrrole nitrogens is 1. The van der Waals surface area contributed by atoms with Crippen LogP contribution in [0.3, 0.4) is 0 Å². The molecule has 1 amide bonds. The minimum atomic E-state index is -0.278. The molecule has 0 radical (unpaired) electrons. The Kier molecular flexibility index (Phi) is 3.87. The lowest BCUT2D eigenvalue weighted by Crippen LogP contribution is -2.32. The first kappa shape index (κ1) is 11.8. The van der Waals surface area contributed by atoms with Crippen molar-refractivity contribution in [1.82, 2.24) is 15.5 Å². The Labute approximate surface area is 98.8 Å². The van der Waals surface area contributed by atoms with Gasteiger partial charge in [0.2, 0.25) is 5.91 Å². The van der Waals surface area contributed by atoms with Gasteiger partial charge in [0, 0.05) is 12.5 Å². The molecule has 0 saturated carbocycles. The first-order valence-corrected chi connectivity index (χ1v) is 5.80. The van der Waals surface area contributed by atoms with Gasteiger partial charge in [0.25, 0.3) is 5.56 Å². The van der Waals surface area contributed by atoms with Gasteiger partial charge in [-0.3, -0.25) is 9.59 Å². The number of nitrogens with zero attached hydrogens (tertiary/aromatic N) is 1. The van der Waals surface area contributed by atoms with Crippen LogP contribution >= 0.6 is 0 Å². The van der Waals surface area contributed by atoms with Crippen molar-refractivity contribution in [3.63, 3.8) is 0 Å². The zero-order chi connectivity index (χ0) is 12.1. The van der Waals surface area contributed by atoms with E-state index in [-0.39, 0.29) is 11.5 Å². The Balaban J connectivity index is 1.84. The van der Waals surface area contributed by atoms with Crippen molar-refractivity contribution in [3.05, 3.63) is 22.5 Å². The van der Waals surface area contributed by atoms with Crippen LogP contribution < -0.4 is 16.2 Å². The van der Waals surface area contributed by atoms with Gasteiger partial charge in [-0.15, -0.1) is 0 Å². The number of hydrogen-bond donors (Lipinski definition) is 3. The molecule has 1 aliphatic heterocycles. The monoisotopic (exact) mass is 236 g/mol. The number of piperidine rings is 1. The molecule has 0 spiro atoms. The fraction of sp³-hybridized carbons (Fsp3) is 0.545. The molecule has 0 aliphatic carbocycles. The van der Waals surface area contributed by atoms with E-state index in [1.165, 1.54) is 12.1 Å². The number of aromatic nitrogens is 2. The summed E-state index contributed by atoms with van der Waals surface area (Å²) < 4.78 is 0. The standard InChI is InChI=1S/C11H16N4O2/c16-10-4-3-9(14-15-10)13-11(17)6-8-2-1-5-12-7-8/h3-4,8,12H,1-2,5-7H2,(H,15,16)(H,13,14,17). The molecule has 1 unspecified atom stereocenters. The average Bonchev–Trinajstić information content (AvgIpc) is 2.33. The highest BCUT2D eigenvalue weighted by Crippen LogP contribution is 2.14. The van der Waals surface area contributed by atoms with Gasteiger partial charge in [-0.25, -0.2) is 5.10 Å². The first-order chi connectivity index (χ1) is 8.24. The zero-order valence-corrected chi connectivity index (χ0v) is 9.53. The molecule has 0 aromatic carbocycles. The molecule has 3 N–H and O–H groups in total. The van der Waals surface area contributed by atoms with E-state index in [2.05, 4.69) is 20.8 Å². The number of aromatic amines is 1. The molecule has 1 aliphatic rings. The lowest BCUT2D eigenvalue weighted by atomic mass is 9.96. The molecule has 1 atom stereocenters. The van der Waals surface area contributed by atoms with Gasteiger partial charge in [0.05, 0.1) is 0 Å². The van der Waals surface area contributed by atoms with Gasteiger partial charge < -0.3 is 10.6 Å². The largest absolute Gasteiger partial charge is 0.316 e. The number of nitrogens with one attached hydrogen (secondary N) is 3. The van der Waals surface area contributed by atoms with E-state index in [4.69, 9.17) is 0 Å². The summed E-state index contributed by atoms with van der Waals surface area (Å²) in [5.74, 6) is 0.725. The van der Waals surface area contributed by atoms with E-state index < -0.39 is 0 Å². The fourth-order valence-corrected chi connectivity index (χ4v) is 1.97. The van der Waals surface area contributed by atoms with Crippen LogP contribution in [0.5, 0.6) is 0 Å². The van der Waals surface area contributed by atoms with Gasteiger partial charge in [0.15, 0.2) is 5.82 Å². The van der Waals surface area contributed by atoms with Gasteiger partial charge in [0.1, 0.15) is 0 Å². The summed E-state index contributed by atoms with van der Waals surface area (Å²) in [5.41, 5.74) is -0.278. The molecule has 92 valence electrons. The molecule has 2 heterocycles. The molecule has 6 heteroatoms. The van der Waals surface area contributed by atoms with Crippen molar-refractivity contribution in [3.8, 4) is 0 Å². The van der Waals surface area contributed by atoms with Crippen LogP contribution in [0.4, 0.5) is 5.82 Å². The Bertz CT molecular complexity index is 417. The van der Waals surface area contributed by atoms with Crippen molar-refractivity contribution >= 4 is 11.7 Å². The number of amides is 1. The highest BCUT2D eigenvalue weighted by Gasteiger charge is 2.16. The lowest BCUT2D eigenvalue weighted by Gasteiger charge is -2.21.